The van der Waals surface area contributed by atoms with Crippen molar-refractivity contribution >= 4 is 46.5 Å². The van der Waals surface area contributed by atoms with Crippen LogP contribution in [0.3, 0.4) is 0 Å². The summed E-state index contributed by atoms with van der Waals surface area (Å²) in [7, 11) is 3.31. The van der Waals surface area contributed by atoms with Crippen LogP contribution in [-0.4, -0.2) is 36.1 Å². The summed E-state index contributed by atoms with van der Waals surface area (Å²) in [5.74, 6) is 1.50. The molecule has 5 aromatic rings. The van der Waals surface area contributed by atoms with Crippen LogP contribution >= 0.6 is 7.05 Å². The van der Waals surface area contributed by atoms with Gasteiger partial charge in [-0.3, -0.25) is 0 Å². The van der Waals surface area contributed by atoms with E-state index < -0.39 is 7.05 Å². The van der Waals surface area contributed by atoms with Crippen LogP contribution in [-0.2, 0) is 0 Å². The first-order valence-electron chi connectivity index (χ1n) is 12.1. The van der Waals surface area contributed by atoms with Gasteiger partial charge in [-0.15, -0.1) is 0 Å². The van der Waals surface area contributed by atoms with E-state index in [-0.39, 0.29) is 0 Å². The smallest absolute Gasteiger partial charge is 0.255 e. The van der Waals surface area contributed by atoms with Crippen molar-refractivity contribution in [1.29, 1.82) is 0 Å². The van der Waals surface area contributed by atoms with Gasteiger partial charge in [0.15, 0.2) is 0 Å². The number of para-hydroxylation sites is 1. The Morgan fingerprint density at radius 2 is 0.919 bits per heavy atom. The molecule has 0 amide bonds. The molecule has 0 fully saturated rings. The molecule has 0 N–H and O–H groups in total. The third kappa shape index (κ3) is 5.02. The van der Waals surface area contributed by atoms with Gasteiger partial charge in [-0.1, -0.05) is 109 Å². The van der Waals surface area contributed by atoms with E-state index in [9.17, 15) is 0 Å². The maximum absolute atomic E-state index is 5.48. The Balaban J connectivity index is 1.83. The third-order valence-corrected chi connectivity index (χ3v) is 9.69. The maximum atomic E-state index is 5.48. The lowest BCUT2D eigenvalue weighted by molar-refractivity contribution is 0.930. The van der Waals surface area contributed by atoms with Crippen molar-refractivity contribution in [2.45, 2.75) is 0 Å². The van der Waals surface area contributed by atoms with E-state index in [1.807, 2.05) is 79.5 Å². The summed E-state index contributed by atoms with van der Waals surface area (Å²) in [6.45, 7) is 0. The average molecular weight is 505 g/mol. The SMILES string of the molecule is CN(C)c1nc(N=P(c2ccccc2)(c2ccccc2)c2ccccc2)nc(N(C)c2ccccc2)n1. The molecule has 0 spiro atoms. The number of hydrogen-bond acceptors (Lipinski definition) is 6. The Morgan fingerprint density at radius 3 is 1.35 bits per heavy atom. The standard InChI is InChI=1S/C30H29N6P/c1-35(2)29-31-28(32-30(33-29)36(3)24-16-8-4-9-17-24)34-37(25-18-10-5-11-19-25,26-20-12-6-13-21-26)27-22-14-7-15-23-27/h4-23H,1-3H3. The van der Waals surface area contributed by atoms with Crippen molar-refractivity contribution in [2.75, 3.05) is 30.9 Å². The van der Waals surface area contributed by atoms with Gasteiger partial charge in [0.05, 0.1) is 7.05 Å². The molecular formula is C30H29N6P. The third-order valence-electron chi connectivity index (χ3n) is 6.07. The highest BCUT2D eigenvalue weighted by Crippen LogP contribution is 2.48. The summed E-state index contributed by atoms with van der Waals surface area (Å²) >= 11 is 0. The molecule has 0 saturated heterocycles. The van der Waals surface area contributed by atoms with Gasteiger partial charge in [0.1, 0.15) is 0 Å². The van der Waals surface area contributed by atoms with Crippen molar-refractivity contribution in [3.05, 3.63) is 121 Å². The number of nitrogens with zero attached hydrogens (tertiary/aromatic N) is 6. The highest BCUT2D eigenvalue weighted by atomic mass is 31.2. The predicted octanol–water partition coefficient (Wildman–Crippen LogP) is 5.51. The van der Waals surface area contributed by atoms with Gasteiger partial charge >= 0.3 is 0 Å². The molecule has 0 aliphatic heterocycles. The highest BCUT2D eigenvalue weighted by molar-refractivity contribution is 7.87. The lowest BCUT2D eigenvalue weighted by Crippen LogP contribution is -2.25. The van der Waals surface area contributed by atoms with Gasteiger partial charge in [-0.25, -0.2) is 4.74 Å². The van der Waals surface area contributed by atoms with E-state index in [0.29, 0.717) is 17.8 Å². The van der Waals surface area contributed by atoms with Crippen LogP contribution in [0.4, 0.5) is 23.5 Å². The number of hydrogen-bond donors (Lipinski definition) is 0. The largest absolute Gasteiger partial charge is 0.347 e. The number of aromatic nitrogens is 3. The fourth-order valence-corrected chi connectivity index (χ4v) is 7.60. The van der Waals surface area contributed by atoms with Gasteiger partial charge < -0.3 is 9.80 Å². The van der Waals surface area contributed by atoms with E-state index in [2.05, 4.69) is 72.8 Å². The van der Waals surface area contributed by atoms with Crippen molar-refractivity contribution < 1.29 is 0 Å². The van der Waals surface area contributed by atoms with Crippen LogP contribution in [0.2, 0.25) is 0 Å². The Morgan fingerprint density at radius 1 is 0.514 bits per heavy atom. The minimum absolute atomic E-state index is 0.404. The summed E-state index contributed by atoms with van der Waals surface area (Å²) in [5, 5.41) is 3.41. The van der Waals surface area contributed by atoms with Gasteiger partial charge in [0.25, 0.3) is 5.95 Å². The lowest BCUT2D eigenvalue weighted by Gasteiger charge is -2.27. The van der Waals surface area contributed by atoms with E-state index >= 15 is 0 Å². The fourth-order valence-electron chi connectivity index (χ4n) is 4.19. The first-order valence-corrected chi connectivity index (χ1v) is 13.8. The molecule has 7 heteroatoms. The molecule has 184 valence electrons. The van der Waals surface area contributed by atoms with Crippen molar-refractivity contribution in [1.82, 2.24) is 15.0 Å². The molecule has 0 saturated carbocycles. The monoisotopic (exact) mass is 504 g/mol. The van der Waals surface area contributed by atoms with Crippen LogP contribution in [0, 0.1) is 0 Å². The molecule has 0 aliphatic rings. The molecule has 6 nitrogen and oxygen atoms in total. The van der Waals surface area contributed by atoms with E-state index in [1.54, 1.807) is 0 Å². The molecule has 4 aromatic carbocycles. The van der Waals surface area contributed by atoms with E-state index in [1.165, 1.54) is 0 Å². The molecule has 0 atom stereocenters. The van der Waals surface area contributed by atoms with Crippen LogP contribution < -0.4 is 25.7 Å². The van der Waals surface area contributed by atoms with Gasteiger partial charge in [0.2, 0.25) is 11.9 Å². The van der Waals surface area contributed by atoms with E-state index in [0.717, 1.165) is 21.6 Å². The molecule has 0 unspecified atom stereocenters. The second kappa shape index (κ2) is 10.8. The maximum Gasteiger partial charge on any atom is 0.255 e. The second-order valence-corrected chi connectivity index (χ2v) is 11.8. The van der Waals surface area contributed by atoms with Crippen LogP contribution in [0.15, 0.2) is 126 Å². The lowest BCUT2D eigenvalue weighted by atomic mass is 10.3. The number of benzene rings is 4. The van der Waals surface area contributed by atoms with E-state index in [4.69, 9.17) is 19.7 Å². The van der Waals surface area contributed by atoms with Crippen molar-refractivity contribution in [2.24, 2.45) is 4.74 Å². The zero-order valence-corrected chi connectivity index (χ0v) is 22.1. The number of anilines is 3. The summed E-state index contributed by atoms with van der Waals surface area (Å²) < 4.78 is 5.48. The topological polar surface area (TPSA) is 57.5 Å². The van der Waals surface area contributed by atoms with Gasteiger partial charge in [-0.05, 0) is 12.1 Å². The fraction of sp³-hybridized carbons (Fsp3) is 0.100. The average Bonchev–Trinajstić information content (AvgIpc) is 2.97. The Hall–Kier alpha value is -4.28. The zero-order valence-electron chi connectivity index (χ0n) is 21.2. The summed E-state index contributed by atoms with van der Waals surface area (Å²) in [5.41, 5.74) is 0.986. The van der Waals surface area contributed by atoms with Crippen LogP contribution in [0.1, 0.15) is 0 Å². The first-order chi connectivity index (χ1) is 18.1. The molecule has 0 aliphatic carbocycles. The molecule has 0 bridgehead atoms. The minimum atomic E-state index is -2.51. The number of rotatable bonds is 7. The summed E-state index contributed by atoms with van der Waals surface area (Å²) in [6.07, 6.45) is 0. The Bertz CT molecular complexity index is 1400. The van der Waals surface area contributed by atoms with Crippen molar-refractivity contribution in [3.8, 4) is 0 Å². The normalized spacial score (nSPS) is 11.1. The minimum Gasteiger partial charge on any atom is -0.347 e. The Kier molecular flexibility index (Phi) is 7.11. The molecule has 37 heavy (non-hydrogen) atoms. The van der Waals surface area contributed by atoms with Gasteiger partial charge in [0, 0.05) is 42.7 Å². The second-order valence-electron chi connectivity index (χ2n) is 8.77. The first kappa shape index (κ1) is 24.4. The summed E-state index contributed by atoms with van der Waals surface area (Å²) in [6, 6.07) is 41.5. The zero-order chi connectivity index (χ0) is 25.7. The molecular weight excluding hydrogens is 475 g/mol. The van der Waals surface area contributed by atoms with Crippen LogP contribution in [0.5, 0.6) is 0 Å². The molecule has 5 rings (SSSR count). The molecule has 1 aromatic heterocycles. The highest BCUT2D eigenvalue weighted by Gasteiger charge is 2.28. The molecule has 1 heterocycles. The van der Waals surface area contributed by atoms with Crippen LogP contribution in [0.25, 0.3) is 0 Å². The molecule has 0 radical (unpaired) electrons. The summed E-state index contributed by atoms with van der Waals surface area (Å²) in [4.78, 5) is 18.3. The predicted molar refractivity (Wildman–Crippen MR) is 156 cm³/mol. The Labute approximate surface area is 218 Å². The van der Waals surface area contributed by atoms with Gasteiger partial charge in [-0.2, -0.15) is 15.0 Å². The quantitative estimate of drug-likeness (QED) is 0.274. The van der Waals surface area contributed by atoms with Crippen molar-refractivity contribution in [3.63, 3.8) is 0 Å².